The number of rotatable bonds is 3. The quantitative estimate of drug-likeness (QED) is 0.781. The molecule has 2 rings (SSSR count). The molecule has 0 atom stereocenters. The fraction of sp³-hybridized carbons (Fsp3) is 0.308. The number of ketones is 1. The summed E-state index contributed by atoms with van der Waals surface area (Å²) in [6.45, 7) is 5.98. The van der Waals surface area contributed by atoms with Crippen molar-refractivity contribution < 1.29 is 4.79 Å². The minimum atomic E-state index is 0.0294. The molecule has 0 aliphatic rings. The van der Waals surface area contributed by atoms with Crippen molar-refractivity contribution in [1.82, 2.24) is 9.59 Å². The Morgan fingerprint density at radius 3 is 2.65 bits per heavy atom. The summed E-state index contributed by atoms with van der Waals surface area (Å²) in [5.74, 6) is 0.249. The Bertz CT molecular complexity index is 546. The lowest BCUT2D eigenvalue weighted by molar-refractivity contribution is 0.104. The van der Waals surface area contributed by atoms with Crippen LogP contribution in [0, 0.1) is 6.92 Å². The van der Waals surface area contributed by atoms with Crippen LogP contribution in [0.5, 0.6) is 0 Å². The Kier molecular flexibility index (Phi) is 3.33. The van der Waals surface area contributed by atoms with Gasteiger partial charge < -0.3 is 0 Å². The predicted octanol–water partition coefficient (Wildman–Crippen LogP) is 3.20. The maximum absolute atomic E-state index is 12.4. The molecule has 0 N–H and O–H groups in total. The number of hydrogen-bond acceptors (Lipinski definition) is 4. The largest absolute Gasteiger partial charge is 0.288 e. The molecule has 3 nitrogen and oxygen atoms in total. The summed E-state index contributed by atoms with van der Waals surface area (Å²) in [6.07, 6.45) is 0. The first-order valence-corrected chi connectivity index (χ1v) is 6.31. The summed E-state index contributed by atoms with van der Waals surface area (Å²) in [5.41, 5.74) is 2.52. The summed E-state index contributed by atoms with van der Waals surface area (Å²) in [5, 5.41) is 4.04. The number of carbonyl (C=O) groups is 1. The third kappa shape index (κ3) is 2.26. The summed E-state index contributed by atoms with van der Waals surface area (Å²) >= 11 is 1.18. The standard InChI is InChI=1S/C13H14N2OS/c1-8(2)11-13(17-15-14-11)12(16)10-7-5-4-6-9(10)3/h4-8H,1-3H3. The van der Waals surface area contributed by atoms with Crippen LogP contribution in [0.15, 0.2) is 24.3 Å². The van der Waals surface area contributed by atoms with Gasteiger partial charge in [0.1, 0.15) is 4.88 Å². The van der Waals surface area contributed by atoms with E-state index in [2.05, 4.69) is 9.59 Å². The van der Waals surface area contributed by atoms with Crippen molar-refractivity contribution in [1.29, 1.82) is 0 Å². The van der Waals surface area contributed by atoms with Gasteiger partial charge in [-0.3, -0.25) is 4.79 Å². The molecule has 0 spiro atoms. The minimum absolute atomic E-state index is 0.0294. The Hall–Kier alpha value is -1.55. The van der Waals surface area contributed by atoms with Crippen molar-refractivity contribution in [3.05, 3.63) is 46.0 Å². The highest BCUT2D eigenvalue weighted by molar-refractivity contribution is 7.08. The fourth-order valence-electron chi connectivity index (χ4n) is 1.68. The molecule has 2 aromatic rings. The van der Waals surface area contributed by atoms with Crippen LogP contribution in [0.3, 0.4) is 0 Å². The fourth-order valence-corrected chi connectivity index (χ4v) is 2.46. The van der Waals surface area contributed by atoms with E-state index in [4.69, 9.17) is 0 Å². The maximum atomic E-state index is 12.4. The Morgan fingerprint density at radius 2 is 2.00 bits per heavy atom. The first-order valence-electron chi connectivity index (χ1n) is 5.54. The van der Waals surface area contributed by atoms with Crippen molar-refractivity contribution in [2.75, 3.05) is 0 Å². The second kappa shape index (κ2) is 4.75. The molecule has 1 aromatic carbocycles. The Labute approximate surface area is 105 Å². The molecule has 88 valence electrons. The third-order valence-electron chi connectivity index (χ3n) is 2.66. The molecule has 0 unspecified atom stereocenters. The molecule has 0 saturated carbocycles. The lowest BCUT2D eigenvalue weighted by Gasteiger charge is -2.05. The molecule has 0 saturated heterocycles. The van der Waals surface area contributed by atoms with E-state index in [1.807, 2.05) is 45.0 Å². The third-order valence-corrected chi connectivity index (χ3v) is 3.40. The minimum Gasteiger partial charge on any atom is -0.288 e. The van der Waals surface area contributed by atoms with Gasteiger partial charge in [0, 0.05) is 5.56 Å². The number of hydrogen-bond donors (Lipinski definition) is 0. The van der Waals surface area contributed by atoms with Crippen LogP contribution in [0.25, 0.3) is 0 Å². The van der Waals surface area contributed by atoms with Crippen molar-refractivity contribution in [2.45, 2.75) is 26.7 Å². The number of aromatic nitrogens is 2. The van der Waals surface area contributed by atoms with Crippen LogP contribution in [0.1, 0.15) is 46.3 Å². The second-order valence-electron chi connectivity index (χ2n) is 4.29. The van der Waals surface area contributed by atoms with Crippen LogP contribution < -0.4 is 0 Å². The molecular formula is C13H14N2OS. The molecule has 1 heterocycles. The average Bonchev–Trinajstić information content (AvgIpc) is 2.77. The van der Waals surface area contributed by atoms with E-state index in [0.717, 1.165) is 16.8 Å². The summed E-state index contributed by atoms with van der Waals surface area (Å²) < 4.78 is 3.89. The summed E-state index contributed by atoms with van der Waals surface area (Å²) in [4.78, 5) is 13.0. The number of carbonyl (C=O) groups excluding carboxylic acids is 1. The zero-order chi connectivity index (χ0) is 12.4. The monoisotopic (exact) mass is 246 g/mol. The Balaban J connectivity index is 2.45. The number of benzene rings is 1. The van der Waals surface area contributed by atoms with Crippen LogP contribution in [-0.4, -0.2) is 15.4 Å². The highest BCUT2D eigenvalue weighted by Gasteiger charge is 2.20. The van der Waals surface area contributed by atoms with Gasteiger partial charge in [-0.05, 0) is 29.9 Å². The highest BCUT2D eigenvalue weighted by atomic mass is 32.1. The van der Waals surface area contributed by atoms with Gasteiger partial charge in [0.2, 0.25) is 5.78 Å². The van der Waals surface area contributed by atoms with Crippen molar-refractivity contribution in [2.24, 2.45) is 0 Å². The number of nitrogens with zero attached hydrogens (tertiary/aromatic N) is 2. The van der Waals surface area contributed by atoms with E-state index in [0.29, 0.717) is 4.88 Å². The molecule has 0 fully saturated rings. The molecular weight excluding hydrogens is 232 g/mol. The van der Waals surface area contributed by atoms with Crippen molar-refractivity contribution in [3.8, 4) is 0 Å². The van der Waals surface area contributed by atoms with E-state index in [1.165, 1.54) is 11.5 Å². The van der Waals surface area contributed by atoms with E-state index in [1.54, 1.807) is 0 Å². The normalized spacial score (nSPS) is 10.8. The van der Waals surface area contributed by atoms with Crippen molar-refractivity contribution >= 4 is 17.3 Å². The smallest absolute Gasteiger partial charge is 0.206 e. The predicted molar refractivity (Wildman–Crippen MR) is 68.6 cm³/mol. The van der Waals surface area contributed by atoms with Gasteiger partial charge in [0.25, 0.3) is 0 Å². The van der Waals surface area contributed by atoms with Crippen LogP contribution >= 0.6 is 11.5 Å². The highest BCUT2D eigenvalue weighted by Crippen LogP contribution is 2.23. The topological polar surface area (TPSA) is 42.9 Å². The molecule has 0 aliphatic heterocycles. The maximum Gasteiger partial charge on any atom is 0.206 e. The van der Waals surface area contributed by atoms with Gasteiger partial charge >= 0.3 is 0 Å². The van der Waals surface area contributed by atoms with E-state index in [-0.39, 0.29) is 11.7 Å². The van der Waals surface area contributed by atoms with Crippen LogP contribution in [0.4, 0.5) is 0 Å². The van der Waals surface area contributed by atoms with Gasteiger partial charge in [-0.25, -0.2) is 0 Å². The molecule has 0 radical (unpaired) electrons. The zero-order valence-electron chi connectivity index (χ0n) is 10.1. The van der Waals surface area contributed by atoms with Gasteiger partial charge in [0.05, 0.1) is 5.69 Å². The molecule has 1 aromatic heterocycles. The van der Waals surface area contributed by atoms with Gasteiger partial charge in [-0.1, -0.05) is 42.6 Å². The SMILES string of the molecule is Cc1ccccc1C(=O)c1snnc1C(C)C. The van der Waals surface area contributed by atoms with Gasteiger partial charge in [-0.2, -0.15) is 0 Å². The van der Waals surface area contributed by atoms with Crippen LogP contribution in [0.2, 0.25) is 0 Å². The van der Waals surface area contributed by atoms with Gasteiger partial charge in [-0.15, -0.1) is 5.10 Å². The summed E-state index contributed by atoms with van der Waals surface area (Å²) in [7, 11) is 0. The first kappa shape index (κ1) is 11.9. The lowest BCUT2D eigenvalue weighted by Crippen LogP contribution is -2.05. The molecule has 17 heavy (non-hydrogen) atoms. The molecule has 0 bridgehead atoms. The van der Waals surface area contributed by atoms with Crippen LogP contribution in [-0.2, 0) is 0 Å². The lowest BCUT2D eigenvalue weighted by atomic mass is 10.0. The number of aryl methyl sites for hydroxylation is 1. The first-order chi connectivity index (χ1) is 8.11. The van der Waals surface area contributed by atoms with E-state index in [9.17, 15) is 4.79 Å². The van der Waals surface area contributed by atoms with E-state index < -0.39 is 0 Å². The van der Waals surface area contributed by atoms with E-state index >= 15 is 0 Å². The zero-order valence-corrected chi connectivity index (χ0v) is 10.9. The van der Waals surface area contributed by atoms with Gasteiger partial charge in [0.15, 0.2) is 0 Å². The second-order valence-corrected chi connectivity index (χ2v) is 5.04. The average molecular weight is 246 g/mol. The summed E-state index contributed by atoms with van der Waals surface area (Å²) in [6, 6.07) is 7.60. The molecule has 0 amide bonds. The van der Waals surface area contributed by atoms with Crippen molar-refractivity contribution in [3.63, 3.8) is 0 Å². The molecule has 4 heteroatoms. The molecule has 0 aliphatic carbocycles. The Morgan fingerprint density at radius 1 is 1.29 bits per heavy atom.